The Morgan fingerprint density at radius 3 is 2.83 bits per heavy atom. The standard InChI is InChI=1S/C14H24N4/c1-11-12(8-17(2)16-11)9-18-7-3-4-14(10-18)15-13-5-6-13/h8,13-15H,3-7,9-10H2,1-2H3. The third-order valence-corrected chi connectivity index (χ3v) is 4.06. The summed E-state index contributed by atoms with van der Waals surface area (Å²) in [6.07, 6.45) is 7.60. The number of aromatic nitrogens is 2. The highest BCUT2D eigenvalue weighted by Crippen LogP contribution is 2.22. The zero-order valence-corrected chi connectivity index (χ0v) is 11.5. The van der Waals surface area contributed by atoms with E-state index in [-0.39, 0.29) is 0 Å². The molecule has 0 bridgehead atoms. The fraction of sp³-hybridized carbons (Fsp3) is 0.786. The summed E-state index contributed by atoms with van der Waals surface area (Å²) in [5.74, 6) is 0. The van der Waals surface area contributed by atoms with Gasteiger partial charge in [-0.25, -0.2) is 0 Å². The lowest BCUT2D eigenvalue weighted by atomic mass is 10.0. The van der Waals surface area contributed by atoms with Crippen molar-refractivity contribution in [1.29, 1.82) is 0 Å². The zero-order valence-electron chi connectivity index (χ0n) is 11.5. The van der Waals surface area contributed by atoms with Crippen LogP contribution in [0, 0.1) is 6.92 Å². The summed E-state index contributed by atoms with van der Waals surface area (Å²) in [5.41, 5.74) is 2.55. The Labute approximate surface area is 109 Å². The van der Waals surface area contributed by atoms with Gasteiger partial charge < -0.3 is 5.32 Å². The van der Waals surface area contributed by atoms with Crippen LogP contribution in [0.3, 0.4) is 0 Å². The molecule has 0 aromatic carbocycles. The molecule has 1 saturated carbocycles. The number of nitrogens with zero attached hydrogens (tertiary/aromatic N) is 3. The molecule has 1 N–H and O–H groups in total. The Bertz CT molecular complexity index is 408. The first-order chi connectivity index (χ1) is 8.70. The van der Waals surface area contributed by atoms with E-state index in [1.807, 2.05) is 11.7 Å². The fourth-order valence-corrected chi connectivity index (χ4v) is 2.96. The minimum Gasteiger partial charge on any atom is -0.310 e. The first kappa shape index (κ1) is 12.2. The van der Waals surface area contributed by atoms with E-state index in [1.54, 1.807) is 0 Å². The summed E-state index contributed by atoms with van der Waals surface area (Å²) in [6.45, 7) is 5.60. The number of piperidine rings is 1. The first-order valence-corrected chi connectivity index (χ1v) is 7.18. The molecular formula is C14H24N4. The minimum atomic E-state index is 0.711. The lowest BCUT2D eigenvalue weighted by molar-refractivity contribution is 0.182. The van der Waals surface area contributed by atoms with Gasteiger partial charge >= 0.3 is 0 Å². The summed E-state index contributed by atoms with van der Waals surface area (Å²) < 4.78 is 1.93. The van der Waals surface area contributed by atoms with Crippen LogP contribution in [-0.2, 0) is 13.6 Å². The number of hydrogen-bond donors (Lipinski definition) is 1. The van der Waals surface area contributed by atoms with Crippen LogP contribution < -0.4 is 5.32 Å². The van der Waals surface area contributed by atoms with E-state index in [9.17, 15) is 0 Å². The average Bonchev–Trinajstić information content (AvgIpc) is 3.07. The number of nitrogens with one attached hydrogen (secondary N) is 1. The van der Waals surface area contributed by atoms with Gasteiger partial charge in [0.25, 0.3) is 0 Å². The molecule has 100 valence electrons. The van der Waals surface area contributed by atoms with Gasteiger partial charge in [-0.05, 0) is 39.2 Å². The monoisotopic (exact) mass is 248 g/mol. The van der Waals surface area contributed by atoms with Gasteiger partial charge in [0.1, 0.15) is 0 Å². The van der Waals surface area contributed by atoms with E-state index in [4.69, 9.17) is 0 Å². The topological polar surface area (TPSA) is 33.1 Å². The van der Waals surface area contributed by atoms with Gasteiger partial charge in [0.15, 0.2) is 0 Å². The summed E-state index contributed by atoms with van der Waals surface area (Å²) in [5, 5.41) is 8.19. The van der Waals surface area contributed by atoms with E-state index in [0.717, 1.165) is 12.6 Å². The molecule has 18 heavy (non-hydrogen) atoms. The predicted octanol–water partition coefficient (Wildman–Crippen LogP) is 1.44. The molecule has 1 aromatic rings. The van der Waals surface area contributed by atoms with E-state index in [2.05, 4.69) is 28.4 Å². The Morgan fingerprint density at radius 1 is 1.33 bits per heavy atom. The molecule has 1 saturated heterocycles. The summed E-state index contributed by atoms with van der Waals surface area (Å²) >= 11 is 0. The van der Waals surface area contributed by atoms with Crippen molar-refractivity contribution in [1.82, 2.24) is 20.0 Å². The second-order valence-electron chi connectivity index (χ2n) is 5.93. The number of rotatable bonds is 4. The van der Waals surface area contributed by atoms with E-state index in [0.29, 0.717) is 6.04 Å². The molecule has 1 atom stereocenters. The van der Waals surface area contributed by atoms with Gasteiger partial charge in [0, 0.05) is 44.0 Å². The van der Waals surface area contributed by atoms with Gasteiger partial charge in [0.2, 0.25) is 0 Å². The molecule has 2 aliphatic rings. The molecule has 1 unspecified atom stereocenters. The van der Waals surface area contributed by atoms with Crippen molar-refractivity contribution in [2.75, 3.05) is 13.1 Å². The fourth-order valence-electron chi connectivity index (χ4n) is 2.96. The molecule has 2 heterocycles. The van der Waals surface area contributed by atoms with Crippen LogP contribution in [0.5, 0.6) is 0 Å². The summed E-state index contributed by atoms with van der Waals surface area (Å²) in [6, 6.07) is 1.54. The molecule has 0 radical (unpaired) electrons. The molecule has 1 aromatic heterocycles. The second-order valence-corrected chi connectivity index (χ2v) is 5.93. The molecule has 4 heteroatoms. The maximum absolute atomic E-state index is 4.43. The Kier molecular flexibility index (Phi) is 3.39. The predicted molar refractivity (Wildman–Crippen MR) is 72.4 cm³/mol. The molecule has 1 aliphatic carbocycles. The molecule has 2 fully saturated rings. The minimum absolute atomic E-state index is 0.711. The normalized spacial score (nSPS) is 25.6. The maximum atomic E-state index is 4.43. The molecule has 0 spiro atoms. The van der Waals surface area contributed by atoms with E-state index >= 15 is 0 Å². The van der Waals surface area contributed by atoms with Gasteiger partial charge in [-0.15, -0.1) is 0 Å². The van der Waals surface area contributed by atoms with Crippen LogP contribution in [0.25, 0.3) is 0 Å². The van der Waals surface area contributed by atoms with Crippen LogP contribution in [0.4, 0.5) is 0 Å². The van der Waals surface area contributed by atoms with E-state index < -0.39 is 0 Å². The van der Waals surface area contributed by atoms with Crippen LogP contribution in [-0.4, -0.2) is 39.9 Å². The highest BCUT2D eigenvalue weighted by Gasteiger charge is 2.27. The SMILES string of the molecule is Cc1nn(C)cc1CN1CCCC(NC2CC2)C1. The highest BCUT2D eigenvalue weighted by atomic mass is 15.3. The Balaban J connectivity index is 1.56. The number of likely N-dealkylation sites (tertiary alicyclic amines) is 1. The van der Waals surface area contributed by atoms with Crippen molar-refractivity contribution in [3.63, 3.8) is 0 Å². The van der Waals surface area contributed by atoms with Gasteiger partial charge in [-0.3, -0.25) is 9.58 Å². The van der Waals surface area contributed by atoms with Crippen LogP contribution in [0.15, 0.2) is 6.20 Å². The average molecular weight is 248 g/mol. The zero-order chi connectivity index (χ0) is 12.5. The van der Waals surface area contributed by atoms with E-state index in [1.165, 1.54) is 50.0 Å². The largest absolute Gasteiger partial charge is 0.310 e. The van der Waals surface area contributed by atoms with Gasteiger partial charge in [-0.2, -0.15) is 5.10 Å². The molecule has 4 nitrogen and oxygen atoms in total. The lowest BCUT2D eigenvalue weighted by Gasteiger charge is -2.33. The highest BCUT2D eigenvalue weighted by molar-refractivity contribution is 5.15. The van der Waals surface area contributed by atoms with Crippen molar-refractivity contribution >= 4 is 0 Å². The van der Waals surface area contributed by atoms with Crippen molar-refractivity contribution < 1.29 is 0 Å². The van der Waals surface area contributed by atoms with Crippen LogP contribution in [0.1, 0.15) is 36.9 Å². The molecule has 3 rings (SSSR count). The van der Waals surface area contributed by atoms with Crippen molar-refractivity contribution in [2.45, 2.75) is 51.2 Å². The second kappa shape index (κ2) is 5.02. The summed E-state index contributed by atoms with van der Waals surface area (Å²) in [4.78, 5) is 2.58. The van der Waals surface area contributed by atoms with Crippen molar-refractivity contribution in [3.8, 4) is 0 Å². The Hall–Kier alpha value is -0.870. The van der Waals surface area contributed by atoms with Crippen molar-refractivity contribution in [2.24, 2.45) is 7.05 Å². The van der Waals surface area contributed by atoms with Crippen LogP contribution in [0.2, 0.25) is 0 Å². The van der Waals surface area contributed by atoms with Crippen molar-refractivity contribution in [3.05, 3.63) is 17.5 Å². The molecular weight excluding hydrogens is 224 g/mol. The smallest absolute Gasteiger partial charge is 0.0638 e. The first-order valence-electron chi connectivity index (χ1n) is 7.18. The number of hydrogen-bond acceptors (Lipinski definition) is 3. The third kappa shape index (κ3) is 2.93. The quantitative estimate of drug-likeness (QED) is 0.875. The Morgan fingerprint density at radius 2 is 2.17 bits per heavy atom. The lowest BCUT2D eigenvalue weighted by Crippen LogP contribution is -2.46. The van der Waals surface area contributed by atoms with Gasteiger partial charge in [-0.1, -0.05) is 0 Å². The molecule has 0 amide bonds. The van der Waals surface area contributed by atoms with Gasteiger partial charge in [0.05, 0.1) is 5.69 Å². The number of aryl methyl sites for hydroxylation is 2. The molecule has 1 aliphatic heterocycles. The third-order valence-electron chi connectivity index (χ3n) is 4.06. The summed E-state index contributed by atoms with van der Waals surface area (Å²) in [7, 11) is 2.00. The maximum Gasteiger partial charge on any atom is 0.0638 e. The van der Waals surface area contributed by atoms with Crippen LogP contribution >= 0.6 is 0 Å².